The molecule has 0 bridgehead atoms. The highest BCUT2D eigenvalue weighted by Gasteiger charge is 2.28. The van der Waals surface area contributed by atoms with Gasteiger partial charge in [-0.15, -0.1) is 22.7 Å². The second-order valence-electron chi connectivity index (χ2n) is 5.45. The predicted molar refractivity (Wildman–Crippen MR) is 87.5 cm³/mol. The number of carbonyl (C=O) groups is 1. The largest absolute Gasteiger partial charge is 0.351 e. The van der Waals surface area contributed by atoms with E-state index in [1.54, 1.807) is 11.3 Å². The first kappa shape index (κ1) is 14.2. The maximum Gasteiger partial charge on any atom is 0.261 e. The summed E-state index contributed by atoms with van der Waals surface area (Å²) in [4.78, 5) is 19.1. The van der Waals surface area contributed by atoms with E-state index in [9.17, 15) is 13.2 Å². The van der Waals surface area contributed by atoms with Crippen molar-refractivity contribution >= 4 is 53.7 Å². The zero-order valence-corrected chi connectivity index (χ0v) is 13.9. The van der Waals surface area contributed by atoms with Crippen molar-refractivity contribution in [2.24, 2.45) is 5.92 Å². The van der Waals surface area contributed by atoms with Gasteiger partial charge in [0.25, 0.3) is 5.91 Å². The molecule has 4 rings (SSSR count). The van der Waals surface area contributed by atoms with Crippen LogP contribution in [0.3, 0.4) is 0 Å². The van der Waals surface area contributed by atoms with Crippen LogP contribution in [-0.2, 0) is 9.84 Å². The van der Waals surface area contributed by atoms with E-state index >= 15 is 0 Å². The first-order valence-corrected chi connectivity index (χ1v) is 10.4. The van der Waals surface area contributed by atoms with E-state index in [1.807, 2.05) is 22.0 Å². The van der Waals surface area contributed by atoms with Crippen molar-refractivity contribution in [3.05, 3.63) is 22.5 Å². The van der Waals surface area contributed by atoms with Crippen LogP contribution in [0.4, 0.5) is 0 Å². The standard InChI is InChI=1S/C13H13N3O3S3/c17-11(14-6-8-1-4-22(18,19)7-8)10-5-9-12(21-10)15-13-16(9)2-3-20-13/h2-3,5,8H,1,4,6-7H2,(H,14,17). The Labute approximate surface area is 134 Å². The first-order chi connectivity index (χ1) is 10.5. The fourth-order valence-corrected chi connectivity index (χ4v) is 6.30. The maximum atomic E-state index is 12.2. The van der Waals surface area contributed by atoms with E-state index in [1.165, 1.54) is 11.3 Å². The highest BCUT2D eigenvalue weighted by atomic mass is 32.2. The minimum Gasteiger partial charge on any atom is -0.351 e. The number of thiazole rings is 1. The van der Waals surface area contributed by atoms with Crippen LogP contribution in [0.5, 0.6) is 0 Å². The van der Waals surface area contributed by atoms with E-state index in [0.717, 1.165) is 15.3 Å². The summed E-state index contributed by atoms with van der Waals surface area (Å²) < 4.78 is 24.8. The summed E-state index contributed by atoms with van der Waals surface area (Å²) >= 11 is 2.92. The quantitative estimate of drug-likeness (QED) is 0.776. The summed E-state index contributed by atoms with van der Waals surface area (Å²) in [5.74, 6) is 0.286. The smallest absolute Gasteiger partial charge is 0.261 e. The molecule has 3 aromatic rings. The summed E-state index contributed by atoms with van der Waals surface area (Å²) in [6, 6.07) is 1.84. The van der Waals surface area contributed by atoms with Gasteiger partial charge < -0.3 is 5.32 Å². The molecule has 4 heterocycles. The van der Waals surface area contributed by atoms with Crippen molar-refractivity contribution in [2.45, 2.75) is 6.42 Å². The molecule has 22 heavy (non-hydrogen) atoms. The third kappa shape index (κ3) is 2.42. The number of imidazole rings is 1. The van der Waals surface area contributed by atoms with Crippen molar-refractivity contribution in [1.29, 1.82) is 0 Å². The van der Waals surface area contributed by atoms with Gasteiger partial charge in [-0.3, -0.25) is 9.20 Å². The number of hydrogen-bond donors (Lipinski definition) is 1. The normalized spacial score (nSPS) is 20.8. The van der Waals surface area contributed by atoms with Crippen LogP contribution >= 0.6 is 22.7 Å². The number of nitrogens with zero attached hydrogens (tertiary/aromatic N) is 2. The Morgan fingerprint density at radius 3 is 3.14 bits per heavy atom. The van der Waals surface area contributed by atoms with Crippen LogP contribution in [0.1, 0.15) is 16.1 Å². The molecule has 1 unspecified atom stereocenters. The number of hydrogen-bond acceptors (Lipinski definition) is 6. The third-order valence-electron chi connectivity index (χ3n) is 3.84. The Hall–Kier alpha value is -1.45. The predicted octanol–water partition coefficient (Wildman–Crippen LogP) is 1.78. The molecule has 9 heteroatoms. The Balaban J connectivity index is 1.49. The monoisotopic (exact) mass is 355 g/mol. The molecule has 1 fully saturated rings. The molecule has 1 N–H and O–H groups in total. The summed E-state index contributed by atoms with van der Waals surface area (Å²) in [6.45, 7) is 0.411. The van der Waals surface area contributed by atoms with Gasteiger partial charge in [0, 0.05) is 18.1 Å². The highest BCUT2D eigenvalue weighted by molar-refractivity contribution is 7.91. The Morgan fingerprint density at radius 1 is 1.50 bits per heavy atom. The van der Waals surface area contributed by atoms with E-state index in [0.29, 0.717) is 17.8 Å². The van der Waals surface area contributed by atoms with Gasteiger partial charge in [-0.2, -0.15) is 0 Å². The number of sulfone groups is 1. The average Bonchev–Trinajstić information content (AvgIpc) is 3.16. The molecule has 1 aliphatic heterocycles. The molecule has 116 valence electrons. The number of aromatic nitrogens is 2. The second kappa shape index (κ2) is 5.04. The SMILES string of the molecule is O=C(NCC1CCS(=O)(=O)C1)c1cc2c(nc3sccn32)s1. The van der Waals surface area contributed by atoms with Crippen molar-refractivity contribution in [3.63, 3.8) is 0 Å². The minimum absolute atomic E-state index is 0.0308. The lowest BCUT2D eigenvalue weighted by atomic mass is 10.1. The molecule has 1 saturated heterocycles. The molecule has 0 spiro atoms. The molecule has 0 saturated carbocycles. The summed E-state index contributed by atoms with van der Waals surface area (Å²) in [6.07, 6.45) is 2.57. The van der Waals surface area contributed by atoms with Crippen LogP contribution in [-0.4, -0.2) is 41.8 Å². The summed E-state index contributed by atoms with van der Waals surface area (Å²) in [7, 11) is -2.90. The topological polar surface area (TPSA) is 80.5 Å². The van der Waals surface area contributed by atoms with Crippen molar-refractivity contribution in [3.8, 4) is 0 Å². The molecule has 0 aliphatic carbocycles. The maximum absolute atomic E-state index is 12.2. The summed E-state index contributed by atoms with van der Waals surface area (Å²) in [5.41, 5.74) is 0.940. The Kier molecular flexibility index (Phi) is 3.24. The number of amides is 1. The number of carbonyl (C=O) groups excluding carboxylic acids is 1. The molecular formula is C13H13N3O3S3. The second-order valence-corrected chi connectivity index (χ2v) is 9.58. The lowest BCUT2D eigenvalue weighted by molar-refractivity contribution is 0.0952. The fraction of sp³-hybridized carbons (Fsp3) is 0.385. The van der Waals surface area contributed by atoms with Gasteiger partial charge in [0.15, 0.2) is 14.8 Å². The van der Waals surface area contributed by atoms with E-state index in [2.05, 4.69) is 10.3 Å². The van der Waals surface area contributed by atoms with Gasteiger partial charge in [0.1, 0.15) is 4.83 Å². The minimum atomic E-state index is -2.90. The van der Waals surface area contributed by atoms with Gasteiger partial charge in [-0.25, -0.2) is 13.4 Å². The number of rotatable bonds is 3. The number of fused-ring (bicyclic) bond motifs is 3. The molecular weight excluding hydrogens is 342 g/mol. The highest BCUT2D eigenvalue weighted by Crippen LogP contribution is 2.28. The van der Waals surface area contributed by atoms with Crippen LogP contribution < -0.4 is 5.32 Å². The molecule has 0 radical (unpaired) electrons. The molecule has 6 nitrogen and oxygen atoms in total. The number of nitrogens with one attached hydrogen (secondary N) is 1. The van der Waals surface area contributed by atoms with Crippen molar-refractivity contribution < 1.29 is 13.2 Å². The van der Waals surface area contributed by atoms with Crippen LogP contribution in [0.2, 0.25) is 0 Å². The van der Waals surface area contributed by atoms with Crippen molar-refractivity contribution in [1.82, 2.24) is 14.7 Å². The van der Waals surface area contributed by atoms with E-state index in [-0.39, 0.29) is 23.3 Å². The number of thiophene rings is 1. The van der Waals surface area contributed by atoms with Gasteiger partial charge in [-0.1, -0.05) is 0 Å². The first-order valence-electron chi connectivity index (χ1n) is 6.85. The lowest BCUT2D eigenvalue weighted by Crippen LogP contribution is -2.29. The average molecular weight is 355 g/mol. The summed E-state index contributed by atoms with van der Waals surface area (Å²) in [5, 5.41) is 4.80. The van der Waals surface area contributed by atoms with E-state index < -0.39 is 9.84 Å². The van der Waals surface area contributed by atoms with E-state index in [4.69, 9.17) is 0 Å². The van der Waals surface area contributed by atoms with Gasteiger partial charge >= 0.3 is 0 Å². The zero-order valence-electron chi connectivity index (χ0n) is 11.5. The fourth-order valence-electron chi connectivity index (χ4n) is 2.72. The molecule has 1 amide bonds. The van der Waals surface area contributed by atoms with Gasteiger partial charge in [0.05, 0.1) is 21.9 Å². The van der Waals surface area contributed by atoms with Crippen LogP contribution in [0.15, 0.2) is 17.6 Å². The Bertz CT molecular complexity index is 967. The molecule has 3 aromatic heterocycles. The molecule has 0 aromatic carbocycles. The van der Waals surface area contributed by atoms with Gasteiger partial charge in [0.2, 0.25) is 0 Å². The van der Waals surface area contributed by atoms with Crippen LogP contribution in [0, 0.1) is 5.92 Å². The molecule has 1 aliphatic rings. The Morgan fingerprint density at radius 2 is 2.36 bits per heavy atom. The van der Waals surface area contributed by atoms with Crippen LogP contribution in [0.25, 0.3) is 15.3 Å². The molecule has 1 atom stereocenters. The third-order valence-corrected chi connectivity index (χ3v) is 7.45. The van der Waals surface area contributed by atoms with Gasteiger partial charge in [-0.05, 0) is 18.4 Å². The lowest BCUT2D eigenvalue weighted by Gasteiger charge is -2.08. The zero-order chi connectivity index (χ0) is 15.3. The van der Waals surface area contributed by atoms with Crippen molar-refractivity contribution in [2.75, 3.05) is 18.1 Å².